The van der Waals surface area contributed by atoms with E-state index in [9.17, 15) is 4.79 Å². The van der Waals surface area contributed by atoms with Crippen molar-refractivity contribution < 1.29 is 14.3 Å². The minimum Gasteiger partial charge on any atom is -0.492 e. The Kier molecular flexibility index (Phi) is 3.75. The van der Waals surface area contributed by atoms with Crippen LogP contribution < -0.4 is 0 Å². The number of hydrogen-bond acceptors (Lipinski definition) is 3. The summed E-state index contributed by atoms with van der Waals surface area (Å²) < 4.78 is 11.2. The predicted octanol–water partition coefficient (Wildman–Crippen LogP) is 3.60. The molecule has 0 fully saturated rings. The zero-order chi connectivity index (χ0) is 14.2. The number of hydrogen-bond donors (Lipinski definition) is 0. The van der Waals surface area contributed by atoms with E-state index in [0.717, 1.165) is 18.6 Å². The van der Waals surface area contributed by atoms with Crippen LogP contribution in [-0.4, -0.2) is 18.2 Å². The molecule has 19 heavy (non-hydrogen) atoms. The maximum Gasteiger partial charge on any atom is 0.338 e. The molecule has 0 radical (unpaired) electrons. The highest BCUT2D eigenvalue weighted by molar-refractivity contribution is 5.90. The minimum absolute atomic E-state index is 0.136. The van der Waals surface area contributed by atoms with E-state index in [1.54, 1.807) is 0 Å². The summed E-state index contributed by atoms with van der Waals surface area (Å²) in [5, 5.41) is 0. The van der Waals surface area contributed by atoms with E-state index >= 15 is 0 Å². The van der Waals surface area contributed by atoms with Crippen molar-refractivity contribution in [2.75, 3.05) is 6.61 Å². The maximum atomic E-state index is 12.2. The molecule has 0 aromatic carbocycles. The third-order valence-corrected chi connectivity index (χ3v) is 4.26. The van der Waals surface area contributed by atoms with Crippen LogP contribution in [0.4, 0.5) is 0 Å². The molecule has 0 bridgehead atoms. The molecule has 1 heterocycles. The molecule has 2 unspecified atom stereocenters. The molecule has 0 aromatic heterocycles. The highest BCUT2D eigenvalue weighted by Crippen LogP contribution is 2.47. The number of esters is 1. The van der Waals surface area contributed by atoms with Gasteiger partial charge in [0.15, 0.2) is 0 Å². The zero-order valence-electron chi connectivity index (χ0n) is 12.6. The Labute approximate surface area is 115 Å². The summed E-state index contributed by atoms with van der Waals surface area (Å²) in [5.41, 5.74) is 1.85. The number of carbonyl (C=O) groups is 1. The van der Waals surface area contributed by atoms with Crippen LogP contribution in [0.1, 0.15) is 47.5 Å². The molecule has 0 aromatic rings. The summed E-state index contributed by atoms with van der Waals surface area (Å²) in [6.07, 6.45) is 4.38. The van der Waals surface area contributed by atoms with Gasteiger partial charge in [0.1, 0.15) is 11.4 Å². The molecule has 0 N–H and O–H groups in total. The van der Waals surface area contributed by atoms with Crippen LogP contribution >= 0.6 is 0 Å². The Morgan fingerprint density at radius 3 is 2.79 bits per heavy atom. The molecule has 106 valence electrons. The first-order chi connectivity index (χ1) is 8.86. The van der Waals surface area contributed by atoms with Crippen LogP contribution in [0.25, 0.3) is 0 Å². The van der Waals surface area contributed by atoms with Crippen molar-refractivity contribution in [1.29, 1.82) is 0 Å². The summed E-state index contributed by atoms with van der Waals surface area (Å²) in [6, 6.07) is 0. The molecular weight excluding hydrogens is 240 g/mol. The molecule has 2 rings (SSSR count). The van der Waals surface area contributed by atoms with Crippen molar-refractivity contribution in [3.8, 4) is 0 Å². The second-order valence-corrected chi connectivity index (χ2v) is 6.08. The SMILES string of the molecule is CCOC(=O)C1=C(C)OC(C)(C)C2CCC(C)=CC12. The minimum atomic E-state index is -0.226. The molecule has 1 aliphatic heterocycles. The summed E-state index contributed by atoms with van der Waals surface area (Å²) in [4.78, 5) is 12.2. The van der Waals surface area contributed by atoms with Gasteiger partial charge in [-0.2, -0.15) is 0 Å². The molecule has 0 saturated heterocycles. The van der Waals surface area contributed by atoms with E-state index in [-0.39, 0.29) is 17.5 Å². The van der Waals surface area contributed by atoms with Crippen LogP contribution in [0.15, 0.2) is 23.0 Å². The van der Waals surface area contributed by atoms with E-state index in [1.165, 1.54) is 5.57 Å². The average molecular weight is 264 g/mol. The molecule has 0 amide bonds. The molecule has 0 saturated carbocycles. The van der Waals surface area contributed by atoms with Crippen LogP contribution in [0.3, 0.4) is 0 Å². The first-order valence-electron chi connectivity index (χ1n) is 7.11. The Morgan fingerprint density at radius 2 is 2.16 bits per heavy atom. The number of allylic oxidation sites excluding steroid dienone is 3. The lowest BCUT2D eigenvalue weighted by atomic mass is 9.68. The van der Waals surface area contributed by atoms with Gasteiger partial charge in [0.05, 0.1) is 12.2 Å². The number of ether oxygens (including phenoxy) is 2. The summed E-state index contributed by atoms with van der Waals surface area (Å²) >= 11 is 0. The van der Waals surface area contributed by atoms with E-state index in [0.29, 0.717) is 18.1 Å². The predicted molar refractivity (Wildman–Crippen MR) is 74.5 cm³/mol. The van der Waals surface area contributed by atoms with Crippen LogP contribution in [0, 0.1) is 11.8 Å². The van der Waals surface area contributed by atoms with Gasteiger partial charge < -0.3 is 9.47 Å². The van der Waals surface area contributed by atoms with Crippen molar-refractivity contribution in [1.82, 2.24) is 0 Å². The Bertz CT molecular complexity index is 443. The third-order valence-electron chi connectivity index (χ3n) is 4.26. The summed E-state index contributed by atoms with van der Waals surface area (Å²) in [7, 11) is 0. The Balaban J connectivity index is 2.44. The van der Waals surface area contributed by atoms with Crippen molar-refractivity contribution in [3.63, 3.8) is 0 Å². The largest absolute Gasteiger partial charge is 0.492 e. The lowest BCUT2D eigenvalue weighted by Gasteiger charge is -2.46. The monoisotopic (exact) mass is 264 g/mol. The fourth-order valence-electron chi connectivity index (χ4n) is 3.38. The molecule has 3 nitrogen and oxygen atoms in total. The van der Waals surface area contributed by atoms with Crippen LogP contribution in [0.5, 0.6) is 0 Å². The first-order valence-corrected chi connectivity index (χ1v) is 7.11. The standard InChI is InChI=1S/C16H24O3/c1-6-18-15(17)14-11(3)19-16(4,5)13-8-7-10(2)9-12(13)14/h9,12-13H,6-8H2,1-5H3. The lowest BCUT2D eigenvalue weighted by Crippen LogP contribution is -2.45. The normalized spacial score (nSPS) is 29.2. The third kappa shape index (κ3) is 2.56. The molecule has 2 aliphatic rings. The highest BCUT2D eigenvalue weighted by atomic mass is 16.5. The molecule has 3 heteroatoms. The fraction of sp³-hybridized carbons (Fsp3) is 0.688. The average Bonchev–Trinajstić information content (AvgIpc) is 2.27. The van der Waals surface area contributed by atoms with E-state index < -0.39 is 0 Å². The summed E-state index contributed by atoms with van der Waals surface area (Å²) in [6.45, 7) is 10.5. The van der Waals surface area contributed by atoms with E-state index in [2.05, 4.69) is 26.8 Å². The van der Waals surface area contributed by atoms with Crippen molar-refractivity contribution in [3.05, 3.63) is 23.0 Å². The van der Waals surface area contributed by atoms with Gasteiger partial charge in [-0.25, -0.2) is 4.79 Å². The highest BCUT2D eigenvalue weighted by Gasteiger charge is 2.46. The molecule has 0 spiro atoms. The molecule has 1 aliphatic carbocycles. The Hall–Kier alpha value is -1.25. The second kappa shape index (κ2) is 5.03. The van der Waals surface area contributed by atoms with E-state index in [4.69, 9.17) is 9.47 Å². The van der Waals surface area contributed by atoms with Gasteiger partial charge in [0.2, 0.25) is 0 Å². The number of carbonyl (C=O) groups excluding carboxylic acids is 1. The maximum absolute atomic E-state index is 12.2. The smallest absolute Gasteiger partial charge is 0.338 e. The molecule has 2 atom stereocenters. The first kappa shape index (κ1) is 14.2. The van der Waals surface area contributed by atoms with Gasteiger partial charge in [-0.1, -0.05) is 11.6 Å². The van der Waals surface area contributed by atoms with Gasteiger partial charge in [0, 0.05) is 11.8 Å². The lowest BCUT2D eigenvalue weighted by molar-refractivity contribution is -0.142. The quantitative estimate of drug-likeness (QED) is 0.564. The van der Waals surface area contributed by atoms with Crippen LogP contribution in [-0.2, 0) is 14.3 Å². The topological polar surface area (TPSA) is 35.5 Å². The van der Waals surface area contributed by atoms with Gasteiger partial charge in [-0.3, -0.25) is 0 Å². The summed E-state index contributed by atoms with van der Waals surface area (Å²) in [5.74, 6) is 0.975. The molecular formula is C16H24O3. The number of rotatable bonds is 2. The van der Waals surface area contributed by atoms with Crippen molar-refractivity contribution >= 4 is 5.97 Å². The van der Waals surface area contributed by atoms with Gasteiger partial charge >= 0.3 is 5.97 Å². The van der Waals surface area contributed by atoms with E-state index in [1.807, 2.05) is 13.8 Å². The number of fused-ring (bicyclic) bond motifs is 1. The van der Waals surface area contributed by atoms with Crippen LogP contribution in [0.2, 0.25) is 0 Å². The van der Waals surface area contributed by atoms with Crippen molar-refractivity contribution in [2.45, 2.75) is 53.1 Å². The van der Waals surface area contributed by atoms with Gasteiger partial charge in [0.25, 0.3) is 0 Å². The second-order valence-electron chi connectivity index (χ2n) is 6.08. The fourth-order valence-corrected chi connectivity index (χ4v) is 3.38. The van der Waals surface area contributed by atoms with Gasteiger partial charge in [-0.15, -0.1) is 0 Å². The van der Waals surface area contributed by atoms with Crippen molar-refractivity contribution in [2.24, 2.45) is 11.8 Å². The van der Waals surface area contributed by atoms with Gasteiger partial charge in [-0.05, 0) is 47.5 Å². The Morgan fingerprint density at radius 1 is 1.47 bits per heavy atom. The zero-order valence-corrected chi connectivity index (χ0v) is 12.6.